The van der Waals surface area contributed by atoms with Gasteiger partial charge < -0.3 is 5.32 Å². The van der Waals surface area contributed by atoms with Crippen LogP contribution in [0.1, 0.15) is 17.0 Å². The first-order valence-corrected chi connectivity index (χ1v) is 7.10. The van der Waals surface area contributed by atoms with Gasteiger partial charge in [-0.1, -0.05) is 0 Å². The van der Waals surface area contributed by atoms with Crippen molar-refractivity contribution in [1.29, 1.82) is 0 Å². The Morgan fingerprint density at radius 2 is 2.21 bits per heavy atom. The first kappa shape index (κ1) is 11.0. The second kappa shape index (κ2) is 4.08. The molecule has 0 amide bonds. The van der Waals surface area contributed by atoms with Crippen LogP contribution in [0.25, 0.3) is 21.6 Å². The Morgan fingerprint density at radius 3 is 3.16 bits per heavy atom. The molecule has 0 saturated carbocycles. The molecule has 4 nitrogen and oxygen atoms in total. The molecule has 3 aromatic heterocycles. The van der Waals surface area contributed by atoms with E-state index < -0.39 is 0 Å². The number of hydrogen-bond donors (Lipinski definition) is 1. The van der Waals surface area contributed by atoms with Gasteiger partial charge in [-0.2, -0.15) is 0 Å². The second-order valence-electron chi connectivity index (χ2n) is 4.69. The summed E-state index contributed by atoms with van der Waals surface area (Å²) in [4.78, 5) is 13.7. The van der Waals surface area contributed by atoms with Gasteiger partial charge in [0.05, 0.1) is 15.9 Å². The van der Waals surface area contributed by atoms with Gasteiger partial charge in [0.2, 0.25) is 0 Å². The van der Waals surface area contributed by atoms with E-state index in [1.54, 1.807) is 11.3 Å². The van der Waals surface area contributed by atoms with Crippen molar-refractivity contribution in [3.05, 3.63) is 40.7 Å². The molecule has 0 atom stereocenters. The molecule has 0 unspecified atom stereocenters. The van der Waals surface area contributed by atoms with Crippen LogP contribution in [0.15, 0.2) is 23.7 Å². The fourth-order valence-electron chi connectivity index (χ4n) is 2.44. The van der Waals surface area contributed by atoms with Crippen LogP contribution in [-0.2, 0) is 13.1 Å². The van der Waals surface area contributed by atoms with Crippen molar-refractivity contribution >= 4 is 21.6 Å². The highest BCUT2D eigenvalue weighted by molar-refractivity contribution is 7.17. The Bertz CT molecular complexity index is 778. The molecule has 5 heteroatoms. The van der Waals surface area contributed by atoms with Gasteiger partial charge in [0.15, 0.2) is 5.82 Å². The van der Waals surface area contributed by atoms with Crippen LogP contribution in [0.5, 0.6) is 0 Å². The maximum absolute atomic E-state index is 4.67. The summed E-state index contributed by atoms with van der Waals surface area (Å²) in [5, 5.41) is 5.37. The minimum Gasteiger partial charge on any atom is -0.307 e. The lowest BCUT2D eigenvalue weighted by molar-refractivity contribution is 0.757. The number of aryl methyl sites for hydroxylation is 1. The van der Waals surface area contributed by atoms with E-state index in [1.807, 2.05) is 19.2 Å². The largest absolute Gasteiger partial charge is 0.307 e. The zero-order chi connectivity index (χ0) is 12.8. The molecule has 4 heterocycles. The Morgan fingerprint density at radius 1 is 1.26 bits per heavy atom. The molecular weight excluding hydrogens is 256 g/mol. The van der Waals surface area contributed by atoms with E-state index >= 15 is 0 Å². The number of nitrogens with one attached hydrogen (secondary N) is 1. The van der Waals surface area contributed by atoms with Crippen LogP contribution in [-0.4, -0.2) is 15.0 Å². The minimum atomic E-state index is 0.780. The van der Waals surface area contributed by atoms with Crippen molar-refractivity contribution in [3.63, 3.8) is 0 Å². The predicted octanol–water partition coefficient (Wildman–Crippen LogP) is 2.66. The maximum atomic E-state index is 4.67. The first-order valence-electron chi connectivity index (χ1n) is 6.22. The molecule has 0 fully saturated rings. The lowest BCUT2D eigenvalue weighted by atomic mass is 10.2. The fourth-order valence-corrected chi connectivity index (χ4v) is 3.22. The van der Waals surface area contributed by atoms with E-state index in [0.29, 0.717) is 0 Å². The van der Waals surface area contributed by atoms with Crippen molar-refractivity contribution in [2.24, 2.45) is 0 Å². The molecule has 0 aromatic carbocycles. The third-order valence-corrected chi connectivity index (χ3v) is 4.31. The zero-order valence-corrected chi connectivity index (χ0v) is 11.3. The number of fused-ring (bicyclic) bond motifs is 2. The standard InChI is InChI=1S/C14H12N4S/c1-8-10-6-15-7-12(10)18-14(17-8)9-4-13-11(16-5-9)2-3-19-13/h2-5,15H,6-7H2,1H3. The normalized spacial score (nSPS) is 13.9. The molecule has 1 N–H and O–H groups in total. The molecule has 19 heavy (non-hydrogen) atoms. The summed E-state index contributed by atoms with van der Waals surface area (Å²) in [6.07, 6.45) is 1.86. The van der Waals surface area contributed by atoms with E-state index in [2.05, 4.69) is 31.7 Å². The summed E-state index contributed by atoms with van der Waals surface area (Å²) in [6, 6.07) is 4.15. The third kappa shape index (κ3) is 1.74. The highest BCUT2D eigenvalue weighted by atomic mass is 32.1. The molecule has 3 aromatic rings. The highest BCUT2D eigenvalue weighted by Gasteiger charge is 2.17. The number of nitrogens with zero attached hydrogens (tertiary/aromatic N) is 3. The van der Waals surface area contributed by atoms with Gasteiger partial charge in [0.1, 0.15) is 0 Å². The van der Waals surface area contributed by atoms with E-state index in [0.717, 1.165) is 41.4 Å². The summed E-state index contributed by atoms with van der Waals surface area (Å²) < 4.78 is 1.18. The molecule has 94 valence electrons. The van der Waals surface area contributed by atoms with Crippen LogP contribution < -0.4 is 5.32 Å². The van der Waals surface area contributed by atoms with Gasteiger partial charge in [0, 0.05) is 36.1 Å². The molecule has 1 aliphatic rings. The van der Waals surface area contributed by atoms with Gasteiger partial charge in [-0.3, -0.25) is 4.98 Å². The van der Waals surface area contributed by atoms with Gasteiger partial charge in [-0.15, -0.1) is 11.3 Å². The van der Waals surface area contributed by atoms with E-state index in [1.165, 1.54) is 10.3 Å². The lowest BCUT2D eigenvalue weighted by Gasteiger charge is -2.06. The summed E-state index contributed by atoms with van der Waals surface area (Å²) >= 11 is 1.70. The fraction of sp³-hybridized carbons (Fsp3) is 0.214. The molecule has 1 aliphatic heterocycles. The van der Waals surface area contributed by atoms with E-state index in [9.17, 15) is 0 Å². The molecule has 4 rings (SSSR count). The summed E-state index contributed by atoms with van der Waals surface area (Å²) in [5.41, 5.74) is 5.46. The van der Waals surface area contributed by atoms with Gasteiger partial charge in [0.25, 0.3) is 0 Å². The molecule has 0 radical (unpaired) electrons. The Balaban J connectivity index is 1.89. The summed E-state index contributed by atoms with van der Waals surface area (Å²) in [6.45, 7) is 3.76. The van der Waals surface area contributed by atoms with Crippen LogP contribution >= 0.6 is 11.3 Å². The zero-order valence-electron chi connectivity index (χ0n) is 10.5. The monoisotopic (exact) mass is 268 g/mol. The first-order chi connectivity index (χ1) is 9.31. The number of pyridine rings is 1. The van der Waals surface area contributed by atoms with Crippen LogP contribution in [0.2, 0.25) is 0 Å². The van der Waals surface area contributed by atoms with Crippen LogP contribution in [0.3, 0.4) is 0 Å². The number of hydrogen-bond acceptors (Lipinski definition) is 5. The molecule has 0 bridgehead atoms. The topological polar surface area (TPSA) is 50.7 Å². The Labute approximate surface area is 114 Å². The van der Waals surface area contributed by atoms with Crippen LogP contribution in [0, 0.1) is 6.92 Å². The van der Waals surface area contributed by atoms with Crippen molar-refractivity contribution in [2.75, 3.05) is 0 Å². The van der Waals surface area contributed by atoms with E-state index in [-0.39, 0.29) is 0 Å². The number of aromatic nitrogens is 3. The van der Waals surface area contributed by atoms with Crippen LogP contribution in [0.4, 0.5) is 0 Å². The molecule has 0 aliphatic carbocycles. The smallest absolute Gasteiger partial charge is 0.161 e. The quantitative estimate of drug-likeness (QED) is 0.737. The maximum Gasteiger partial charge on any atom is 0.161 e. The van der Waals surface area contributed by atoms with Crippen molar-refractivity contribution < 1.29 is 0 Å². The Hall–Kier alpha value is -1.85. The SMILES string of the molecule is Cc1nc(-c2cnc3ccsc3c2)nc2c1CNC2. The average molecular weight is 268 g/mol. The highest BCUT2D eigenvalue weighted by Crippen LogP contribution is 2.26. The molecule has 0 spiro atoms. The molecular formula is C14H12N4S. The van der Waals surface area contributed by atoms with Gasteiger partial charge in [-0.25, -0.2) is 9.97 Å². The third-order valence-electron chi connectivity index (χ3n) is 3.45. The summed E-state index contributed by atoms with van der Waals surface area (Å²) in [7, 11) is 0. The van der Waals surface area contributed by atoms with E-state index in [4.69, 9.17) is 0 Å². The summed E-state index contributed by atoms with van der Waals surface area (Å²) in [5.74, 6) is 0.780. The predicted molar refractivity (Wildman–Crippen MR) is 75.9 cm³/mol. The Kier molecular flexibility index (Phi) is 2.36. The van der Waals surface area contributed by atoms with Crippen molar-refractivity contribution in [2.45, 2.75) is 20.0 Å². The van der Waals surface area contributed by atoms with Crippen molar-refractivity contribution in [1.82, 2.24) is 20.3 Å². The minimum absolute atomic E-state index is 0.780. The van der Waals surface area contributed by atoms with Gasteiger partial charge in [-0.05, 0) is 24.4 Å². The number of rotatable bonds is 1. The average Bonchev–Trinajstić information content (AvgIpc) is 3.06. The van der Waals surface area contributed by atoms with Crippen molar-refractivity contribution in [3.8, 4) is 11.4 Å². The number of thiophene rings is 1. The molecule has 0 saturated heterocycles. The second-order valence-corrected chi connectivity index (χ2v) is 5.64. The van der Waals surface area contributed by atoms with Gasteiger partial charge >= 0.3 is 0 Å². The lowest BCUT2D eigenvalue weighted by Crippen LogP contribution is -2.00.